The highest BCUT2D eigenvalue weighted by molar-refractivity contribution is 6.00. The Morgan fingerprint density at radius 3 is 2.24 bits per heavy atom. The molecule has 1 saturated heterocycles. The summed E-state index contributed by atoms with van der Waals surface area (Å²) >= 11 is 0. The van der Waals surface area contributed by atoms with Crippen molar-refractivity contribution >= 4 is 23.4 Å². The molecule has 2 N–H and O–H groups in total. The molecule has 0 spiro atoms. The SMILES string of the molecule is CC(C)C[C@@H]1C(=O)N[C@H](C2Cc3ccccc3C2)C(=O)N1[C@@H](C(=O)NC(C)C)c1ccc(N(C)C)c(F)c1. The van der Waals surface area contributed by atoms with E-state index in [1.165, 1.54) is 22.1 Å². The lowest BCUT2D eigenvalue weighted by atomic mass is 9.87. The van der Waals surface area contributed by atoms with Crippen molar-refractivity contribution < 1.29 is 18.8 Å². The number of halogens is 1. The zero-order valence-electron chi connectivity index (χ0n) is 23.1. The Bertz CT molecular complexity index is 1190. The fourth-order valence-corrected chi connectivity index (χ4v) is 5.73. The van der Waals surface area contributed by atoms with E-state index in [0.717, 1.165) is 0 Å². The smallest absolute Gasteiger partial charge is 0.247 e. The third kappa shape index (κ3) is 5.54. The summed E-state index contributed by atoms with van der Waals surface area (Å²) in [6.45, 7) is 7.62. The van der Waals surface area contributed by atoms with Crippen molar-refractivity contribution in [3.8, 4) is 0 Å². The lowest BCUT2D eigenvalue weighted by molar-refractivity contribution is -0.158. The normalized spacial score (nSPS) is 20.5. The molecular weight excluding hydrogens is 483 g/mol. The van der Waals surface area contributed by atoms with Crippen LogP contribution >= 0.6 is 0 Å². The highest BCUT2D eigenvalue weighted by Gasteiger charge is 2.49. The fourth-order valence-electron chi connectivity index (χ4n) is 5.73. The number of fused-ring (bicyclic) bond motifs is 1. The highest BCUT2D eigenvalue weighted by atomic mass is 19.1. The second kappa shape index (κ2) is 11.1. The quantitative estimate of drug-likeness (QED) is 0.555. The first-order valence-corrected chi connectivity index (χ1v) is 13.4. The Hall–Kier alpha value is -3.42. The van der Waals surface area contributed by atoms with E-state index >= 15 is 4.39 Å². The van der Waals surface area contributed by atoms with Crippen molar-refractivity contribution in [3.05, 3.63) is 65.0 Å². The third-order valence-electron chi connectivity index (χ3n) is 7.43. The fraction of sp³-hybridized carbons (Fsp3) is 0.500. The van der Waals surface area contributed by atoms with E-state index in [4.69, 9.17) is 0 Å². The molecule has 0 aromatic heterocycles. The van der Waals surface area contributed by atoms with E-state index in [0.29, 0.717) is 30.5 Å². The third-order valence-corrected chi connectivity index (χ3v) is 7.43. The molecule has 0 unspecified atom stereocenters. The van der Waals surface area contributed by atoms with Gasteiger partial charge in [0, 0.05) is 20.1 Å². The molecule has 2 aromatic carbocycles. The lowest BCUT2D eigenvalue weighted by Gasteiger charge is -2.45. The first-order chi connectivity index (χ1) is 18.0. The Labute approximate surface area is 224 Å². The molecule has 1 heterocycles. The van der Waals surface area contributed by atoms with E-state index in [9.17, 15) is 14.4 Å². The van der Waals surface area contributed by atoms with Gasteiger partial charge >= 0.3 is 0 Å². The summed E-state index contributed by atoms with van der Waals surface area (Å²) in [4.78, 5) is 44.7. The largest absolute Gasteiger partial charge is 0.375 e. The van der Waals surface area contributed by atoms with Crippen LogP contribution in [0.25, 0.3) is 0 Å². The Morgan fingerprint density at radius 1 is 1.08 bits per heavy atom. The van der Waals surface area contributed by atoms with Gasteiger partial charge in [0.05, 0.1) is 5.69 Å². The molecule has 1 aliphatic carbocycles. The van der Waals surface area contributed by atoms with Crippen LogP contribution < -0.4 is 15.5 Å². The molecule has 4 rings (SSSR count). The van der Waals surface area contributed by atoms with Crippen LogP contribution in [0.15, 0.2) is 42.5 Å². The summed E-state index contributed by atoms with van der Waals surface area (Å²) in [6.07, 6.45) is 1.73. The molecule has 2 aromatic rings. The Balaban J connectivity index is 1.78. The standard InChI is InChI=1S/C30H39FN4O3/c1-17(2)13-25-28(36)33-26(22-14-19-9-7-8-10-20(19)15-22)30(38)35(25)27(29(37)32-18(3)4)21-11-12-24(34(5)6)23(31)16-21/h7-12,16-18,22,25-27H,13-15H2,1-6H3,(H,32,37)(H,33,36)/t25-,26-,27-/m1/s1. The number of nitrogens with one attached hydrogen (secondary N) is 2. The van der Waals surface area contributed by atoms with Crippen LogP contribution in [0.4, 0.5) is 10.1 Å². The number of amides is 3. The van der Waals surface area contributed by atoms with Gasteiger partial charge < -0.3 is 20.4 Å². The zero-order valence-corrected chi connectivity index (χ0v) is 23.1. The van der Waals surface area contributed by atoms with Crippen LogP contribution in [0.3, 0.4) is 0 Å². The molecular formula is C30H39FN4O3. The maximum atomic E-state index is 15.2. The van der Waals surface area contributed by atoms with Crippen LogP contribution in [0.5, 0.6) is 0 Å². The second-order valence-corrected chi connectivity index (χ2v) is 11.5. The summed E-state index contributed by atoms with van der Waals surface area (Å²) in [7, 11) is 3.48. The topological polar surface area (TPSA) is 81.8 Å². The minimum Gasteiger partial charge on any atom is -0.375 e. The molecule has 3 amide bonds. The van der Waals surface area contributed by atoms with Crippen LogP contribution in [0, 0.1) is 17.7 Å². The molecule has 1 fully saturated rings. The number of anilines is 1. The summed E-state index contributed by atoms with van der Waals surface area (Å²) in [5.74, 6) is -1.52. The molecule has 7 nitrogen and oxygen atoms in total. The van der Waals surface area contributed by atoms with E-state index in [2.05, 4.69) is 22.8 Å². The average Bonchev–Trinajstić information content (AvgIpc) is 3.26. The van der Waals surface area contributed by atoms with Crippen molar-refractivity contribution in [2.75, 3.05) is 19.0 Å². The van der Waals surface area contributed by atoms with E-state index in [1.807, 2.05) is 39.8 Å². The summed E-state index contributed by atoms with van der Waals surface area (Å²) < 4.78 is 15.2. The van der Waals surface area contributed by atoms with Gasteiger partial charge in [-0.2, -0.15) is 0 Å². The van der Waals surface area contributed by atoms with Crippen LogP contribution in [-0.2, 0) is 27.2 Å². The first kappa shape index (κ1) is 27.6. The average molecular weight is 523 g/mol. The van der Waals surface area contributed by atoms with Gasteiger partial charge in [0.1, 0.15) is 23.9 Å². The molecule has 1 aliphatic heterocycles. The van der Waals surface area contributed by atoms with Crippen LogP contribution in [0.1, 0.15) is 56.8 Å². The zero-order chi connectivity index (χ0) is 27.7. The van der Waals surface area contributed by atoms with E-state index < -0.39 is 29.8 Å². The summed E-state index contributed by atoms with van der Waals surface area (Å²) in [6, 6.07) is 9.71. The molecule has 8 heteroatoms. The number of benzene rings is 2. The van der Waals surface area contributed by atoms with Crippen LogP contribution in [-0.4, -0.2) is 54.8 Å². The monoisotopic (exact) mass is 522 g/mol. The predicted octanol–water partition coefficient (Wildman–Crippen LogP) is 3.61. The second-order valence-electron chi connectivity index (χ2n) is 11.5. The van der Waals surface area contributed by atoms with Gasteiger partial charge in [0.15, 0.2) is 0 Å². The summed E-state index contributed by atoms with van der Waals surface area (Å²) in [5.41, 5.74) is 3.06. The minimum absolute atomic E-state index is 0.0926. The number of hydrogen-bond acceptors (Lipinski definition) is 4. The highest BCUT2D eigenvalue weighted by Crippen LogP contribution is 2.36. The van der Waals surface area contributed by atoms with Gasteiger partial charge in [-0.25, -0.2) is 4.39 Å². The number of hydrogen-bond donors (Lipinski definition) is 2. The molecule has 3 atom stereocenters. The number of carbonyl (C=O) groups is 3. The first-order valence-electron chi connectivity index (χ1n) is 13.4. The molecule has 0 bridgehead atoms. The minimum atomic E-state index is -1.14. The maximum absolute atomic E-state index is 15.2. The van der Waals surface area contributed by atoms with Gasteiger partial charge in [-0.05, 0) is 73.8 Å². The maximum Gasteiger partial charge on any atom is 0.247 e. The molecule has 0 radical (unpaired) electrons. The molecule has 204 valence electrons. The number of piperazine rings is 1. The van der Waals surface area contributed by atoms with Crippen molar-refractivity contribution in [3.63, 3.8) is 0 Å². The van der Waals surface area contributed by atoms with Gasteiger partial charge in [-0.15, -0.1) is 0 Å². The van der Waals surface area contributed by atoms with E-state index in [1.54, 1.807) is 31.1 Å². The van der Waals surface area contributed by atoms with Crippen molar-refractivity contribution in [1.29, 1.82) is 0 Å². The lowest BCUT2D eigenvalue weighted by Crippen LogP contribution is -2.67. The van der Waals surface area contributed by atoms with Crippen molar-refractivity contribution in [1.82, 2.24) is 15.5 Å². The number of rotatable bonds is 8. The van der Waals surface area contributed by atoms with E-state index in [-0.39, 0.29) is 29.7 Å². The predicted molar refractivity (Wildman–Crippen MR) is 146 cm³/mol. The van der Waals surface area contributed by atoms with Crippen molar-refractivity contribution in [2.24, 2.45) is 11.8 Å². The Kier molecular flexibility index (Phi) is 8.09. The molecule has 2 aliphatic rings. The van der Waals surface area contributed by atoms with Gasteiger partial charge in [-0.1, -0.05) is 44.2 Å². The van der Waals surface area contributed by atoms with Gasteiger partial charge in [0.2, 0.25) is 17.7 Å². The van der Waals surface area contributed by atoms with Gasteiger partial charge in [0.25, 0.3) is 0 Å². The van der Waals surface area contributed by atoms with Gasteiger partial charge in [-0.3, -0.25) is 14.4 Å². The Morgan fingerprint density at radius 2 is 1.71 bits per heavy atom. The molecule has 0 saturated carbocycles. The molecule has 38 heavy (non-hydrogen) atoms. The van der Waals surface area contributed by atoms with Crippen LogP contribution in [0.2, 0.25) is 0 Å². The number of nitrogens with zero attached hydrogens (tertiary/aromatic N) is 2. The van der Waals surface area contributed by atoms with Crippen molar-refractivity contribution in [2.45, 2.75) is 71.1 Å². The summed E-state index contributed by atoms with van der Waals surface area (Å²) in [5, 5.41) is 5.91. The number of carbonyl (C=O) groups excluding carboxylic acids is 3.